The molecule has 0 bridgehead atoms. The molecule has 0 rings (SSSR count). The fourth-order valence-corrected chi connectivity index (χ4v) is 0.540. The van der Waals surface area contributed by atoms with Gasteiger partial charge in [0.1, 0.15) is 0 Å². The van der Waals surface area contributed by atoms with Crippen molar-refractivity contribution in [3.05, 3.63) is 0 Å². The van der Waals surface area contributed by atoms with E-state index in [4.69, 9.17) is 40.9 Å². The number of hydrogen-bond acceptors (Lipinski definition) is 8. The molecule has 0 aliphatic heterocycles. The molecule has 8 N–H and O–H groups in total. The summed E-state index contributed by atoms with van der Waals surface area (Å²) in [5.41, 5.74) is 0. The van der Waals surface area contributed by atoms with Crippen molar-refractivity contribution >= 4 is 23.9 Å². The molecule has 0 heterocycles. The lowest BCUT2D eigenvalue weighted by Gasteiger charge is -2.07. The first-order chi connectivity index (χ1) is 8.93. The minimum Gasteiger partial charge on any atom is -0.479 e. The lowest BCUT2D eigenvalue weighted by atomic mass is 10.2. The van der Waals surface area contributed by atoms with Gasteiger partial charge in [-0.15, -0.1) is 0 Å². The second-order valence-corrected chi connectivity index (χ2v) is 3.13. The van der Waals surface area contributed by atoms with Crippen LogP contribution in [0.3, 0.4) is 0 Å². The summed E-state index contributed by atoms with van der Waals surface area (Å²) in [6.45, 7) is 0. The summed E-state index contributed by atoms with van der Waals surface area (Å²) >= 11 is 0. The highest BCUT2D eigenvalue weighted by Gasteiger charge is 2.30. The Balaban J connectivity index is 0. The molecule has 0 spiro atoms. The van der Waals surface area contributed by atoms with E-state index in [0.717, 1.165) is 0 Å². The molecular formula is C8H12O12. The minimum atomic E-state index is -2.27. The number of carboxylic acids is 4. The highest BCUT2D eigenvalue weighted by atomic mass is 16.4. The smallest absolute Gasteiger partial charge is 0.335 e. The van der Waals surface area contributed by atoms with Gasteiger partial charge in [0.25, 0.3) is 0 Å². The van der Waals surface area contributed by atoms with Gasteiger partial charge < -0.3 is 40.9 Å². The number of aliphatic carboxylic acids is 4. The van der Waals surface area contributed by atoms with Crippen molar-refractivity contribution in [2.75, 3.05) is 0 Å². The Kier molecular flexibility index (Phi) is 8.78. The molecule has 0 unspecified atom stereocenters. The molecule has 12 heteroatoms. The first-order valence-corrected chi connectivity index (χ1v) is 4.57. The Hall–Kier alpha value is -2.28. The van der Waals surface area contributed by atoms with Crippen molar-refractivity contribution in [1.82, 2.24) is 0 Å². The summed E-state index contributed by atoms with van der Waals surface area (Å²) < 4.78 is 0. The molecule has 0 aromatic rings. The lowest BCUT2D eigenvalue weighted by Crippen LogP contribution is -2.39. The SMILES string of the molecule is O=C(O)[C@@H](O)[C@H](O)C(=O)O.O=C(O)[C@H](O)[C@@H](O)C(=O)O. The largest absolute Gasteiger partial charge is 0.479 e. The second-order valence-electron chi connectivity index (χ2n) is 3.13. The van der Waals surface area contributed by atoms with Gasteiger partial charge in [0.15, 0.2) is 24.4 Å². The number of carboxylic acid groups (broad SMARTS) is 4. The number of hydrogen-bond donors (Lipinski definition) is 8. The molecule has 20 heavy (non-hydrogen) atoms. The van der Waals surface area contributed by atoms with Crippen LogP contribution in [-0.2, 0) is 19.2 Å². The predicted octanol–water partition coefficient (Wildman–Crippen LogP) is -4.25. The highest BCUT2D eigenvalue weighted by molar-refractivity contribution is 5.83. The van der Waals surface area contributed by atoms with Crippen molar-refractivity contribution in [3.63, 3.8) is 0 Å². The Morgan fingerprint density at radius 2 is 0.550 bits per heavy atom. The first-order valence-electron chi connectivity index (χ1n) is 4.57. The molecule has 0 saturated heterocycles. The van der Waals surface area contributed by atoms with Crippen LogP contribution in [0.25, 0.3) is 0 Å². The van der Waals surface area contributed by atoms with Crippen molar-refractivity contribution in [2.45, 2.75) is 24.4 Å². The monoisotopic (exact) mass is 300 g/mol. The average molecular weight is 300 g/mol. The van der Waals surface area contributed by atoms with Crippen molar-refractivity contribution in [3.8, 4) is 0 Å². The minimum absolute atomic E-state index is 1.77. The van der Waals surface area contributed by atoms with Crippen LogP contribution < -0.4 is 0 Å². The maximum absolute atomic E-state index is 9.77. The van der Waals surface area contributed by atoms with Crippen molar-refractivity contribution in [2.24, 2.45) is 0 Å². The Morgan fingerprint density at radius 3 is 0.600 bits per heavy atom. The summed E-state index contributed by atoms with van der Waals surface area (Å²) in [5, 5.41) is 65.1. The fourth-order valence-electron chi connectivity index (χ4n) is 0.540. The van der Waals surface area contributed by atoms with E-state index in [1.807, 2.05) is 0 Å². The second kappa shape index (κ2) is 8.76. The van der Waals surface area contributed by atoms with Crippen LogP contribution in [-0.4, -0.2) is 89.1 Å². The van der Waals surface area contributed by atoms with Crippen LogP contribution in [0.5, 0.6) is 0 Å². The summed E-state index contributed by atoms with van der Waals surface area (Å²) in [5.74, 6) is -7.07. The molecule has 4 atom stereocenters. The van der Waals surface area contributed by atoms with Gasteiger partial charge in [-0.25, -0.2) is 19.2 Å². The molecule has 0 aliphatic rings. The van der Waals surface area contributed by atoms with Crippen LogP contribution in [0.4, 0.5) is 0 Å². The van der Waals surface area contributed by atoms with E-state index in [2.05, 4.69) is 0 Å². The number of aliphatic hydroxyl groups excluding tert-OH is 4. The normalized spacial score (nSPS) is 15.8. The first kappa shape index (κ1) is 20.0. The van der Waals surface area contributed by atoms with Crippen LogP contribution in [0.2, 0.25) is 0 Å². The van der Waals surface area contributed by atoms with E-state index >= 15 is 0 Å². The van der Waals surface area contributed by atoms with E-state index in [1.165, 1.54) is 0 Å². The lowest BCUT2D eigenvalue weighted by molar-refractivity contribution is -0.165. The molecule has 116 valence electrons. The topological polar surface area (TPSA) is 230 Å². The summed E-state index contributed by atoms with van der Waals surface area (Å²) in [6, 6.07) is 0. The Bertz CT molecular complexity index is 304. The van der Waals surface area contributed by atoms with Crippen LogP contribution in [0, 0.1) is 0 Å². The maximum atomic E-state index is 9.77. The maximum Gasteiger partial charge on any atom is 0.335 e. The third-order valence-corrected chi connectivity index (χ3v) is 1.61. The molecule has 0 amide bonds. The number of carbonyl (C=O) groups is 4. The standard InChI is InChI=1S/2C4H6O6/c2*5-1(3(7)8)2(6)4(9)10/h2*1-2,5-6H,(H,7,8)(H,9,10)/t2*1-,2-/m10/s1. The van der Waals surface area contributed by atoms with Crippen LogP contribution >= 0.6 is 0 Å². The van der Waals surface area contributed by atoms with Crippen LogP contribution in [0.15, 0.2) is 0 Å². The van der Waals surface area contributed by atoms with Gasteiger partial charge in [0, 0.05) is 0 Å². The molecule has 0 fully saturated rings. The van der Waals surface area contributed by atoms with E-state index in [-0.39, 0.29) is 0 Å². The van der Waals surface area contributed by atoms with E-state index in [1.54, 1.807) is 0 Å². The average Bonchev–Trinajstić information content (AvgIpc) is 2.35. The quantitative estimate of drug-likeness (QED) is 0.233. The van der Waals surface area contributed by atoms with Gasteiger partial charge in [0.05, 0.1) is 0 Å². The van der Waals surface area contributed by atoms with Crippen molar-refractivity contribution < 1.29 is 60.0 Å². The third kappa shape index (κ3) is 7.22. The molecule has 0 saturated carbocycles. The van der Waals surface area contributed by atoms with E-state index < -0.39 is 48.3 Å². The van der Waals surface area contributed by atoms with E-state index in [9.17, 15) is 19.2 Å². The van der Waals surface area contributed by atoms with Gasteiger partial charge in [-0.2, -0.15) is 0 Å². The zero-order valence-electron chi connectivity index (χ0n) is 9.52. The van der Waals surface area contributed by atoms with Gasteiger partial charge in [-0.05, 0) is 0 Å². The molecular weight excluding hydrogens is 288 g/mol. The zero-order valence-corrected chi connectivity index (χ0v) is 9.52. The highest BCUT2D eigenvalue weighted by Crippen LogP contribution is 1.93. The summed E-state index contributed by atoms with van der Waals surface area (Å²) in [7, 11) is 0. The van der Waals surface area contributed by atoms with Crippen molar-refractivity contribution in [1.29, 1.82) is 0 Å². The Morgan fingerprint density at radius 1 is 0.450 bits per heavy atom. The van der Waals surface area contributed by atoms with Gasteiger partial charge in [0.2, 0.25) is 0 Å². The molecule has 0 aromatic heterocycles. The number of rotatable bonds is 6. The summed E-state index contributed by atoms with van der Waals surface area (Å²) in [4.78, 5) is 39.1. The summed E-state index contributed by atoms with van der Waals surface area (Å²) in [6.07, 6.45) is -9.06. The van der Waals surface area contributed by atoms with Crippen LogP contribution in [0.1, 0.15) is 0 Å². The van der Waals surface area contributed by atoms with Gasteiger partial charge >= 0.3 is 23.9 Å². The fraction of sp³-hybridized carbons (Fsp3) is 0.500. The molecule has 0 radical (unpaired) electrons. The number of aliphatic hydroxyl groups is 4. The molecule has 0 aromatic carbocycles. The molecule has 12 nitrogen and oxygen atoms in total. The Labute approximate surface area is 109 Å². The molecule has 0 aliphatic carbocycles. The van der Waals surface area contributed by atoms with E-state index in [0.29, 0.717) is 0 Å². The zero-order chi connectivity index (χ0) is 16.6. The van der Waals surface area contributed by atoms with Gasteiger partial charge in [-0.1, -0.05) is 0 Å². The third-order valence-electron chi connectivity index (χ3n) is 1.61. The van der Waals surface area contributed by atoms with Gasteiger partial charge in [-0.3, -0.25) is 0 Å². The predicted molar refractivity (Wildman–Crippen MR) is 54.6 cm³/mol.